The monoisotopic (exact) mass is 355 g/mol. The van der Waals surface area contributed by atoms with Crippen molar-refractivity contribution in [3.05, 3.63) is 68.9 Å². The average Bonchev–Trinajstić information content (AvgIpc) is 2.42. The van der Waals surface area contributed by atoms with Gasteiger partial charge in [-0.1, -0.05) is 23.7 Å². The Hall–Kier alpha value is -1.39. The highest BCUT2D eigenvalue weighted by Gasteiger charge is 2.07. The number of carbonyl (C=O) groups excluding carboxylic acids is 1. The molecule has 104 valence electrons. The third kappa shape index (κ3) is 4.05. The van der Waals surface area contributed by atoms with Crippen molar-refractivity contribution in [2.24, 2.45) is 0 Å². The van der Waals surface area contributed by atoms with Crippen LogP contribution >= 0.6 is 27.5 Å². The van der Waals surface area contributed by atoms with Crippen LogP contribution in [0, 0.1) is 5.82 Å². The van der Waals surface area contributed by atoms with Gasteiger partial charge >= 0.3 is 0 Å². The number of halogens is 3. The quantitative estimate of drug-likeness (QED) is 0.873. The molecule has 0 saturated carbocycles. The van der Waals surface area contributed by atoms with Crippen LogP contribution in [-0.4, -0.2) is 12.5 Å². The molecule has 0 atom stereocenters. The van der Waals surface area contributed by atoms with E-state index in [-0.39, 0.29) is 16.2 Å². The number of hydrogen-bond donors (Lipinski definition) is 1. The summed E-state index contributed by atoms with van der Waals surface area (Å²) in [6.07, 6.45) is 0.689. The zero-order valence-electron chi connectivity index (χ0n) is 10.5. The molecule has 0 heterocycles. The lowest BCUT2D eigenvalue weighted by atomic mass is 10.1. The maximum absolute atomic E-state index is 13.1. The van der Waals surface area contributed by atoms with Gasteiger partial charge in [0.1, 0.15) is 5.82 Å². The van der Waals surface area contributed by atoms with E-state index in [2.05, 4.69) is 21.2 Å². The van der Waals surface area contributed by atoms with Crippen LogP contribution in [0.4, 0.5) is 4.39 Å². The Bertz CT molecular complexity index is 633. The van der Waals surface area contributed by atoms with Crippen LogP contribution in [-0.2, 0) is 6.42 Å². The van der Waals surface area contributed by atoms with Gasteiger partial charge in [-0.2, -0.15) is 0 Å². The van der Waals surface area contributed by atoms with E-state index in [1.807, 2.05) is 18.2 Å². The van der Waals surface area contributed by atoms with Crippen molar-refractivity contribution in [2.45, 2.75) is 6.42 Å². The first-order valence-corrected chi connectivity index (χ1v) is 7.21. The minimum absolute atomic E-state index is 0.229. The second-order valence-corrected chi connectivity index (χ2v) is 5.56. The van der Waals surface area contributed by atoms with Gasteiger partial charge in [-0.05, 0) is 58.2 Å². The van der Waals surface area contributed by atoms with E-state index in [4.69, 9.17) is 11.6 Å². The van der Waals surface area contributed by atoms with Gasteiger partial charge in [0.05, 0.1) is 4.47 Å². The van der Waals surface area contributed by atoms with Crippen molar-refractivity contribution in [2.75, 3.05) is 6.54 Å². The summed E-state index contributed by atoms with van der Waals surface area (Å²) in [5, 5.41) is 3.47. The van der Waals surface area contributed by atoms with E-state index < -0.39 is 0 Å². The first-order chi connectivity index (χ1) is 9.56. The Balaban J connectivity index is 1.90. The van der Waals surface area contributed by atoms with Gasteiger partial charge in [-0.3, -0.25) is 4.79 Å². The Kier molecular flexibility index (Phi) is 5.15. The van der Waals surface area contributed by atoms with Crippen LogP contribution in [0.15, 0.2) is 46.9 Å². The largest absolute Gasteiger partial charge is 0.352 e. The molecular weight excluding hydrogens is 345 g/mol. The minimum Gasteiger partial charge on any atom is -0.352 e. The van der Waals surface area contributed by atoms with Crippen LogP contribution in [0.3, 0.4) is 0 Å². The van der Waals surface area contributed by atoms with Crippen LogP contribution < -0.4 is 5.32 Å². The zero-order chi connectivity index (χ0) is 14.5. The standard InChI is InChI=1S/C15H12BrClFNO/c16-13-9-11(4-5-14(13)18)15(20)19-7-6-10-2-1-3-12(17)8-10/h1-5,8-9H,6-7H2,(H,19,20). The van der Waals surface area contributed by atoms with E-state index in [9.17, 15) is 9.18 Å². The Morgan fingerprint density at radius 1 is 1.25 bits per heavy atom. The fourth-order valence-electron chi connectivity index (χ4n) is 1.75. The molecule has 0 bridgehead atoms. The van der Waals surface area contributed by atoms with E-state index in [0.717, 1.165) is 5.56 Å². The summed E-state index contributed by atoms with van der Waals surface area (Å²) in [7, 11) is 0. The summed E-state index contributed by atoms with van der Waals surface area (Å²) in [5.41, 5.74) is 1.47. The third-order valence-corrected chi connectivity index (χ3v) is 3.61. The predicted octanol–water partition coefficient (Wildman–Crippen LogP) is 4.21. The van der Waals surface area contributed by atoms with Gasteiger partial charge in [-0.25, -0.2) is 4.39 Å². The molecule has 0 fully saturated rings. The third-order valence-electron chi connectivity index (χ3n) is 2.77. The van der Waals surface area contributed by atoms with Gasteiger partial charge in [0.15, 0.2) is 0 Å². The summed E-state index contributed by atoms with van der Waals surface area (Å²) >= 11 is 8.94. The molecule has 2 aromatic carbocycles. The van der Waals surface area contributed by atoms with Gasteiger partial charge in [-0.15, -0.1) is 0 Å². The number of nitrogens with one attached hydrogen (secondary N) is 1. The Morgan fingerprint density at radius 2 is 2.05 bits per heavy atom. The lowest BCUT2D eigenvalue weighted by Crippen LogP contribution is -2.25. The number of hydrogen-bond acceptors (Lipinski definition) is 1. The molecule has 0 spiro atoms. The summed E-state index contributed by atoms with van der Waals surface area (Å²) < 4.78 is 13.4. The molecule has 5 heteroatoms. The minimum atomic E-state index is -0.388. The van der Waals surface area contributed by atoms with Crippen molar-refractivity contribution < 1.29 is 9.18 Å². The number of benzene rings is 2. The second kappa shape index (κ2) is 6.86. The second-order valence-electron chi connectivity index (χ2n) is 4.26. The predicted molar refractivity (Wildman–Crippen MR) is 81.6 cm³/mol. The highest BCUT2D eigenvalue weighted by atomic mass is 79.9. The van der Waals surface area contributed by atoms with Crippen LogP contribution in [0.5, 0.6) is 0 Å². The fraction of sp³-hybridized carbons (Fsp3) is 0.133. The van der Waals surface area contributed by atoms with E-state index >= 15 is 0 Å². The number of carbonyl (C=O) groups is 1. The Morgan fingerprint density at radius 3 is 2.75 bits per heavy atom. The maximum Gasteiger partial charge on any atom is 0.251 e. The molecule has 20 heavy (non-hydrogen) atoms. The SMILES string of the molecule is O=C(NCCc1cccc(Cl)c1)c1ccc(F)c(Br)c1. The summed E-state index contributed by atoms with van der Waals surface area (Å²) in [5.74, 6) is -0.617. The van der Waals surface area contributed by atoms with Crippen molar-refractivity contribution in [3.63, 3.8) is 0 Å². The molecule has 2 rings (SSSR count). The van der Waals surface area contributed by atoms with Crippen molar-refractivity contribution in [1.29, 1.82) is 0 Å². The molecule has 0 aliphatic carbocycles. The summed E-state index contributed by atoms with van der Waals surface area (Å²) in [6, 6.07) is 11.7. The summed E-state index contributed by atoms with van der Waals surface area (Å²) in [6.45, 7) is 0.494. The van der Waals surface area contributed by atoms with Gasteiger partial charge in [0.2, 0.25) is 0 Å². The highest BCUT2D eigenvalue weighted by Crippen LogP contribution is 2.16. The van der Waals surface area contributed by atoms with Gasteiger partial charge < -0.3 is 5.32 Å². The van der Waals surface area contributed by atoms with E-state index in [0.29, 0.717) is 23.6 Å². The molecular formula is C15H12BrClFNO. The molecule has 2 aromatic rings. The molecule has 0 radical (unpaired) electrons. The van der Waals surface area contributed by atoms with Crippen LogP contribution in [0.1, 0.15) is 15.9 Å². The topological polar surface area (TPSA) is 29.1 Å². The lowest BCUT2D eigenvalue weighted by molar-refractivity contribution is 0.0954. The van der Waals surface area contributed by atoms with Crippen LogP contribution in [0.25, 0.3) is 0 Å². The highest BCUT2D eigenvalue weighted by molar-refractivity contribution is 9.10. The zero-order valence-corrected chi connectivity index (χ0v) is 12.8. The smallest absolute Gasteiger partial charge is 0.251 e. The first-order valence-electron chi connectivity index (χ1n) is 6.04. The molecule has 2 nitrogen and oxygen atoms in total. The van der Waals surface area contributed by atoms with Crippen molar-refractivity contribution >= 4 is 33.4 Å². The number of amides is 1. The van der Waals surface area contributed by atoms with Gasteiger partial charge in [0.25, 0.3) is 5.91 Å². The first kappa shape index (κ1) is 15.0. The molecule has 0 saturated heterocycles. The summed E-state index contributed by atoms with van der Waals surface area (Å²) in [4.78, 5) is 11.9. The molecule has 0 unspecified atom stereocenters. The van der Waals surface area contributed by atoms with Gasteiger partial charge in [0, 0.05) is 17.1 Å². The lowest BCUT2D eigenvalue weighted by Gasteiger charge is -2.06. The molecule has 1 amide bonds. The fourth-order valence-corrected chi connectivity index (χ4v) is 2.34. The van der Waals surface area contributed by atoms with E-state index in [1.165, 1.54) is 18.2 Å². The van der Waals surface area contributed by atoms with E-state index in [1.54, 1.807) is 6.07 Å². The maximum atomic E-state index is 13.1. The van der Waals surface area contributed by atoms with Crippen molar-refractivity contribution in [1.82, 2.24) is 5.32 Å². The normalized spacial score (nSPS) is 10.3. The Labute approximate surface area is 130 Å². The molecule has 0 aliphatic heterocycles. The molecule has 1 N–H and O–H groups in total. The van der Waals surface area contributed by atoms with Crippen molar-refractivity contribution in [3.8, 4) is 0 Å². The molecule has 0 aromatic heterocycles. The molecule has 0 aliphatic rings. The average molecular weight is 357 g/mol. The van der Waals surface area contributed by atoms with Crippen LogP contribution in [0.2, 0.25) is 5.02 Å². The number of rotatable bonds is 4.